The second-order valence-corrected chi connectivity index (χ2v) is 7.64. The number of hydrogen-bond acceptors (Lipinski definition) is 3. The molecular weight excluding hydrogens is 319 g/mol. The summed E-state index contributed by atoms with van der Waals surface area (Å²) >= 11 is 0. The van der Waals surface area contributed by atoms with Crippen LogP contribution in [0.15, 0.2) is 42.5 Å². The summed E-state index contributed by atoms with van der Waals surface area (Å²) in [5.74, 6) is 1.83. The summed E-state index contributed by atoms with van der Waals surface area (Å²) in [6, 6.07) is 12.1. The Morgan fingerprint density at radius 2 is 1.84 bits per heavy atom. The van der Waals surface area contributed by atoms with Gasteiger partial charge in [0.15, 0.2) is 0 Å². The van der Waals surface area contributed by atoms with Crippen molar-refractivity contribution in [3.05, 3.63) is 69.5 Å². The number of halogens is 1. The third-order valence-corrected chi connectivity index (χ3v) is 6.51. The van der Waals surface area contributed by atoms with Crippen molar-refractivity contribution < 1.29 is 9.31 Å². The molecule has 0 unspecified atom stereocenters. The minimum absolute atomic E-state index is 0.148. The summed E-state index contributed by atoms with van der Waals surface area (Å²) in [5, 5.41) is 14.8. The van der Waals surface area contributed by atoms with Crippen molar-refractivity contribution in [2.45, 2.75) is 31.2 Å². The first-order valence-electron chi connectivity index (χ1n) is 8.92. The standard InChI is InChI=1S/C20H19FN2O2/c21-14-5-3-11(4-6-14)20-19-13-2-1-12(9-13)18(19)16-10-15(23(24)25)7-8-17(16)22-20/h3-8,10,12-13,18-20,22H,1-2,9H2/t12-,13+,18+,19+,20+/m0/s1. The van der Waals surface area contributed by atoms with Gasteiger partial charge in [-0.3, -0.25) is 10.1 Å². The SMILES string of the molecule is O=[N+]([O-])c1ccc2c(c1)[C@H]1[C@H]3CC[C@H](C3)[C@H]1[C@@H](c1ccc(F)cc1)N2. The highest BCUT2D eigenvalue weighted by Crippen LogP contribution is 2.63. The highest BCUT2D eigenvalue weighted by Gasteiger charge is 2.54. The first kappa shape index (κ1) is 14.9. The summed E-state index contributed by atoms with van der Waals surface area (Å²) in [6.45, 7) is 0. The number of nitro benzene ring substituents is 1. The van der Waals surface area contributed by atoms with Crippen molar-refractivity contribution in [3.8, 4) is 0 Å². The van der Waals surface area contributed by atoms with E-state index in [1.807, 2.05) is 18.2 Å². The van der Waals surface area contributed by atoms with Crippen LogP contribution >= 0.6 is 0 Å². The molecule has 3 aliphatic rings. The van der Waals surface area contributed by atoms with Crippen LogP contribution in [0.2, 0.25) is 0 Å². The molecule has 0 amide bonds. The normalized spacial score (nSPS) is 32.0. The molecule has 2 aliphatic carbocycles. The molecule has 0 spiro atoms. The van der Waals surface area contributed by atoms with Gasteiger partial charge in [-0.2, -0.15) is 0 Å². The molecule has 2 bridgehead atoms. The number of non-ortho nitro benzene ring substituents is 1. The van der Waals surface area contributed by atoms with Crippen molar-refractivity contribution in [2.24, 2.45) is 17.8 Å². The van der Waals surface area contributed by atoms with Crippen molar-refractivity contribution in [2.75, 3.05) is 5.32 Å². The van der Waals surface area contributed by atoms with Crippen LogP contribution in [-0.4, -0.2) is 4.92 Å². The first-order valence-corrected chi connectivity index (χ1v) is 8.92. The molecule has 1 N–H and O–H groups in total. The Bertz CT molecular complexity index is 851. The molecule has 0 radical (unpaired) electrons. The largest absolute Gasteiger partial charge is 0.378 e. The Balaban J connectivity index is 1.62. The lowest BCUT2D eigenvalue weighted by molar-refractivity contribution is -0.384. The van der Waals surface area contributed by atoms with Crippen LogP contribution in [0.1, 0.15) is 42.3 Å². The molecule has 5 atom stereocenters. The second-order valence-electron chi connectivity index (χ2n) is 7.64. The van der Waals surface area contributed by atoms with Crippen molar-refractivity contribution in [1.29, 1.82) is 0 Å². The van der Waals surface area contributed by atoms with Gasteiger partial charge in [0.25, 0.3) is 5.69 Å². The number of rotatable bonds is 2. The number of hydrogen-bond donors (Lipinski definition) is 1. The lowest BCUT2D eigenvalue weighted by Gasteiger charge is -2.43. The quantitative estimate of drug-likeness (QED) is 0.617. The van der Waals surface area contributed by atoms with E-state index in [1.54, 1.807) is 12.1 Å². The van der Waals surface area contributed by atoms with Gasteiger partial charge in [-0.25, -0.2) is 4.39 Å². The van der Waals surface area contributed by atoms with Gasteiger partial charge >= 0.3 is 0 Å². The van der Waals surface area contributed by atoms with E-state index in [4.69, 9.17) is 0 Å². The van der Waals surface area contributed by atoms with Crippen LogP contribution in [0, 0.1) is 33.7 Å². The lowest BCUT2D eigenvalue weighted by atomic mass is 9.68. The Morgan fingerprint density at radius 1 is 1.08 bits per heavy atom. The van der Waals surface area contributed by atoms with E-state index in [-0.39, 0.29) is 22.5 Å². The average molecular weight is 338 g/mol. The first-order chi connectivity index (χ1) is 12.1. The number of fused-ring (bicyclic) bond motifs is 7. The van der Waals surface area contributed by atoms with Gasteiger partial charge in [0.2, 0.25) is 0 Å². The predicted molar refractivity (Wildman–Crippen MR) is 92.9 cm³/mol. The Hall–Kier alpha value is -2.43. The van der Waals surface area contributed by atoms with Gasteiger partial charge in [0, 0.05) is 17.8 Å². The molecule has 1 aliphatic heterocycles. The molecule has 128 valence electrons. The zero-order valence-corrected chi connectivity index (χ0v) is 13.7. The van der Waals surface area contributed by atoms with Gasteiger partial charge in [0.1, 0.15) is 5.82 Å². The molecule has 5 rings (SSSR count). The predicted octanol–water partition coefficient (Wildman–Crippen LogP) is 5.03. The van der Waals surface area contributed by atoms with E-state index in [0.717, 1.165) is 16.8 Å². The number of nitro groups is 1. The van der Waals surface area contributed by atoms with Crippen LogP contribution in [0.5, 0.6) is 0 Å². The smallest absolute Gasteiger partial charge is 0.269 e. The number of nitrogens with zero attached hydrogens (tertiary/aromatic N) is 1. The fourth-order valence-corrected chi connectivity index (χ4v) is 5.59. The van der Waals surface area contributed by atoms with Crippen LogP contribution in [-0.2, 0) is 0 Å². The Morgan fingerprint density at radius 3 is 2.60 bits per heavy atom. The zero-order chi connectivity index (χ0) is 17.1. The van der Waals surface area contributed by atoms with E-state index in [2.05, 4.69) is 5.32 Å². The highest BCUT2D eigenvalue weighted by atomic mass is 19.1. The third-order valence-electron chi connectivity index (χ3n) is 6.51. The minimum atomic E-state index is -0.311. The van der Waals surface area contributed by atoms with E-state index >= 15 is 0 Å². The van der Waals surface area contributed by atoms with E-state index in [1.165, 1.54) is 31.4 Å². The second kappa shape index (κ2) is 5.28. The monoisotopic (exact) mass is 338 g/mol. The molecular formula is C20H19FN2O2. The molecule has 4 nitrogen and oxygen atoms in total. The molecule has 0 saturated heterocycles. The zero-order valence-electron chi connectivity index (χ0n) is 13.7. The number of nitrogens with one attached hydrogen (secondary N) is 1. The summed E-state index contributed by atoms with van der Waals surface area (Å²) in [7, 11) is 0. The van der Waals surface area contributed by atoms with Crippen LogP contribution in [0.3, 0.4) is 0 Å². The van der Waals surface area contributed by atoms with Crippen molar-refractivity contribution >= 4 is 11.4 Å². The summed E-state index contributed by atoms with van der Waals surface area (Å²) < 4.78 is 13.3. The number of anilines is 1. The lowest BCUT2D eigenvalue weighted by Crippen LogP contribution is -2.35. The molecule has 2 saturated carbocycles. The fourth-order valence-electron chi connectivity index (χ4n) is 5.59. The van der Waals surface area contributed by atoms with Gasteiger partial charge in [0.05, 0.1) is 11.0 Å². The maximum atomic E-state index is 13.3. The minimum Gasteiger partial charge on any atom is -0.378 e. The molecule has 2 fully saturated rings. The van der Waals surface area contributed by atoms with Gasteiger partial charge in [-0.15, -0.1) is 0 Å². The van der Waals surface area contributed by atoms with Crippen LogP contribution < -0.4 is 5.32 Å². The molecule has 2 aromatic carbocycles. The Labute approximate surface area is 145 Å². The van der Waals surface area contributed by atoms with Crippen molar-refractivity contribution in [3.63, 3.8) is 0 Å². The highest BCUT2D eigenvalue weighted by molar-refractivity contribution is 5.62. The van der Waals surface area contributed by atoms with Crippen LogP contribution in [0.4, 0.5) is 15.8 Å². The maximum Gasteiger partial charge on any atom is 0.269 e. The molecule has 25 heavy (non-hydrogen) atoms. The van der Waals surface area contributed by atoms with E-state index < -0.39 is 0 Å². The molecule has 1 heterocycles. The van der Waals surface area contributed by atoms with Crippen molar-refractivity contribution in [1.82, 2.24) is 0 Å². The van der Waals surface area contributed by atoms with E-state index in [0.29, 0.717) is 23.7 Å². The number of benzene rings is 2. The molecule has 2 aromatic rings. The van der Waals surface area contributed by atoms with Gasteiger partial charge < -0.3 is 5.32 Å². The van der Waals surface area contributed by atoms with Gasteiger partial charge in [-0.05, 0) is 72.3 Å². The topological polar surface area (TPSA) is 55.2 Å². The summed E-state index contributed by atoms with van der Waals surface area (Å²) in [5.41, 5.74) is 3.37. The summed E-state index contributed by atoms with van der Waals surface area (Å²) in [4.78, 5) is 10.9. The van der Waals surface area contributed by atoms with E-state index in [9.17, 15) is 14.5 Å². The summed E-state index contributed by atoms with van der Waals surface area (Å²) in [6.07, 6.45) is 3.65. The Kier molecular flexibility index (Phi) is 3.14. The van der Waals surface area contributed by atoms with Crippen LogP contribution in [0.25, 0.3) is 0 Å². The third kappa shape index (κ3) is 2.18. The fraction of sp³-hybridized carbons (Fsp3) is 0.400. The maximum absolute atomic E-state index is 13.3. The molecule has 0 aromatic heterocycles. The molecule has 5 heteroatoms. The average Bonchev–Trinajstić information content (AvgIpc) is 3.23. The van der Waals surface area contributed by atoms with Gasteiger partial charge in [-0.1, -0.05) is 12.1 Å².